The number of nitrogens with one attached hydrogen (secondary N) is 2. The minimum absolute atomic E-state index is 0.0767. The highest BCUT2D eigenvalue weighted by Crippen LogP contribution is 2.12. The lowest BCUT2D eigenvalue weighted by atomic mass is 10.1. The highest BCUT2D eigenvalue weighted by Gasteiger charge is 2.05. The van der Waals surface area contributed by atoms with Crippen LogP contribution in [0.3, 0.4) is 0 Å². The van der Waals surface area contributed by atoms with Crippen LogP contribution in [-0.2, 0) is 11.2 Å². The van der Waals surface area contributed by atoms with Crippen molar-refractivity contribution in [3.05, 3.63) is 34.3 Å². The van der Waals surface area contributed by atoms with Gasteiger partial charge in [0.2, 0.25) is 5.91 Å². The Hall–Kier alpha value is -2.04. The van der Waals surface area contributed by atoms with Gasteiger partial charge in [-0.25, -0.2) is 4.79 Å². The molecular formula is C14H18N2O3. The van der Waals surface area contributed by atoms with Crippen molar-refractivity contribution in [2.75, 3.05) is 6.54 Å². The standard InChI is InChI=1S/C14H18N2O3/c1-9(2)7-13(17)15-6-5-10-3-4-12-11(8-10)16-14(18)19-12/h3-4,8-9H,5-7H2,1-2H3,(H,15,17)(H,16,18). The quantitative estimate of drug-likeness (QED) is 0.863. The number of carbonyl (C=O) groups is 1. The molecule has 0 atom stereocenters. The highest BCUT2D eigenvalue weighted by atomic mass is 16.4. The second kappa shape index (κ2) is 5.73. The first-order valence-electron chi connectivity index (χ1n) is 6.43. The molecule has 1 aromatic heterocycles. The minimum Gasteiger partial charge on any atom is -0.408 e. The van der Waals surface area contributed by atoms with Crippen LogP contribution in [0.4, 0.5) is 0 Å². The number of oxazole rings is 1. The van der Waals surface area contributed by atoms with Gasteiger partial charge >= 0.3 is 5.76 Å². The van der Waals surface area contributed by atoms with Gasteiger partial charge in [0.1, 0.15) is 0 Å². The first kappa shape index (κ1) is 13.4. The van der Waals surface area contributed by atoms with Crippen LogP contribution in [0.1, 0.15) is 25.8 Å². The lowest BCUT2D eigenvalue weighted by Crippen LogP contribution is -2.26. The lowest BCUT2D eigenvalue weighted by Gasteiger charge is -2.07. The van der Waals surface area contributed by atoms with Crippen LogP contribution in [0.5, 0.6) is 0 Å². The van der Waals surface area contributed by atoms with Gasteiger partial charge in [-0.05, 0) is 30.0 Å². The average molecular weight is 262 g/mol. The molecule has 5 heteroatoms. The molecule has 1 aromatic carbocycles. The number of hydrogen-bond donors (Lipinski definition) is 2. The Labute approximate surface area is 111 Å². The summed E-state index contributed by atoms with van der Waals surface area (Å²) in [6, 6.07) is 5.53. The Kier molecular flexibility index (Phi) is 4.04. The predicted molar refractivity (Wildman–Crippen MR) is 73.0 cm³/mol. The third-order valence-corrected chi connectivity index (χ3v) is 2.81. The summed E-state index contributed by atoms with van der Waals surface area (Å²) in [5, 5.41) is 2.88. The monoisotopic (exact) mass is 262 g/mol. The number of fused-ring (bicyclic) bond motifs is 1. The predicted octanol–water partition coefficient (Wildman–Crippen LogP) is 1.83. The van der Waals surface area contributed by atoms with Crippen LogP contribution in [0.15, 0.2) is 27.4 Å². The fourth-order valence-electron chi connectivity index (χ4n) is 1.94. The number of carbonyl (C=O) groups excluding carboxylic acids is 1. The van der Waals surface area contributed by atoms with Crippen LogP contribution in [-0.4, -0.2) is 17.4 Å². The molecule has 1 amide bonds. The summed E-state index contributed by atoms with van der Waals surface area (Å²) in [6.45, 7) is 4.63. The van der Waals surface area contributed by atoms with Crippen LogP contribution >= 0.6 is 0 Å². The van der Waals surface area contributed by atoms with Crippen molar-refractivity contribution < 1.29 is 9.21 Å². The summed E-state index contributed by atoms with van der Waals surface area (Å²) in [5.41, 5.74) is 2.29. The van der Waals surface area contributed by atoms with Gasteiger partial charge in [0.25, 0.3) is 0 Å². The zero-order valence-corrected chi connectivity index (χ0v) is 11.2. The molecule has 0 aliphatic carbocycles. The Morgan fingerprint density at radius 2 is 2.21 bits per heavy atom. The van der Waals surface area contributed by atoms with Gasteiger partial charge in [-0.1, -0.05) is 19.9 Å². The van der Waals surface area contributed by atoms with Crippen molar-refractivity contribution in [3.63, 3.8) is 0 Å². The zero-order valence-electron chi connectivity index (χ0n) is 11.2. The van der Waals surface area contributed by atoms with Crippen molar-refractivity contribution >= 4 is 17.0 Å². The van der Waals surface area contributed by atoms with Gasteiger partial charge in [-0.2, -0.15) is 0 Å². The third kappa shape index (κ3) is 3.71. The van der Waals surface area contributed by atoms with E-state index < -0.39 is 5.76 Å². The summed E-state index contributed by atoms with van der Waals surface area (Å²) in [6.07, 6.45) is 1.28. The Balaban J connectivity index is 1.91. The molecule has 2 aromatic rings. The van der Waals surface area contributed by atoms with Gasteiger partial charge in [0, 0.05) is 13.0 Å². The van der Waals surface area contributed by atoms with Crippen molar-refractivity contribution in [1.29, 1.82) is 0 Å². The maximum absolute atomic E-state index is 11.5. The first-order chi connectivity index (χ1) is 9.04. The van der Waals surface area contributed by atoms with Gasteiger partial charge in [0.15, 0.2) is 5.58 Å². The number of rotatable bonds is 5. The Morgan fingerprint density at radius 1 is 1.42 bits per heavy atom. The van der Waals surface area contributed by atoms with Gasteiger partial charge in [0.05, 0.1) is 5.52 Å². The number of aromatic nitrogens is 1. The van der Waals surface area contributed by atoms with Crippen molar-refractivity contribution in [2.45, 2.75) is 26.7 Å². The van der Waals surface area contributed by atoms with E-state index >= 15 is 0 Å². The van der Waals surface area contributed by atoms with E-state index in [9.17, 15) is 9.59 Å². The number of amides is 1. The second-order valence-corrected chi connectivity index (χ2v) is 5.04. The molecule has 0 saturated heterocycles. The molecule has 0 bridgehead atoms. The van der Waals surface area contributed by atoms with Crippen molar-refractivity contribution in [2.24, 2.45) is 5.92 Å². The van der Waals surface area contributed by atoms with E-state index in [1.165, 1.54) is 0 Å². The fourth-order valence-corrected chi connectivity index (χ4v) is 1.94. The number of H-pyrrole nitrogens is 1. The summed E-state index contributed by atoms with van der Waals surface area (Å²) in [4.78, 5) is 25.1. The number of benzene rings is 1. The highest BCUT2D eigenvalue weighted by molar-refractivity contribution is 5.76. The zero-order chi connectivity index (χ0) is 13.8. The van der Waals surface area contributed by atoms with Crippen LogP contribution < -0.4 is 11.1 Å². The maximum atomic E-state index is 11.5. The molecule has 0 fully saturated rings. The molecule has 19 heavy (non-hydrogen) atoms. The van der Waals surface area contributed by atoms with Crippen molar-refractivity contribution in [3.8, 4) is 0 Å². The van der Waals surface area contributed by atoms with E-state index in [0.29, 0.717) is 30.0 Å². The Morgan fingerprint density at radius 3 is 2.95 bits per heavy atom. The average Bonchev–Trinajstić information content (AvgIpc) is 2.67. The van der Waals surface area contributed by atoms with E-state index in [4.69, 9.17) is 4.42 Å². The third-order valence-electron chi connectivity index (χ3n) is 2.81. The van der Waals surface area contributed by atoms with E-state index in [-0.39, 0.29) is 5.91 Å². The molecular weight excluding hydrogens is 244 g/mol. The SMILES string of the molecule is CC(C)CC(=O)NCCc1ccc2oc(=O)[nH]c2c1. The molecule has 1 heterocycles. The largest absolute Gasteiger partial charge is 0.417 e. The summed E-state index contributed by atoms with van der Waals surface area (Å²) in [7, 11) is 0. The van der Waals surface area contributed by atoms with Crippen LogP contribution in [0.25, 0.3) is 11.1 Å². The van der Waals surface area contributed by atoms with E-state index in [1.807, 2.05) is 26.0 Å². The first-order valence-corrected chi connectivity index (χ1v) is 6.43. The summed E-state index contributed by atoms with van der Waals surface area (Å²) in [5.74, 6) is -0.00228. The molecule has 5 nitrogen and oxygen atoms in total. The number of hydrogen-bond acceptors (Lipinski definition) is 3. The maximum Gasteiger partial charge on any atom is 0.417 e. The van der Waals surface area contributed by atoms with E-state index in [2.05, 4.69) is 10.3 Å². The smallest absolute Gasteiger partial charge is 0.408 e. The molecule has 0 saturated carbocycles. The Bertz CT molecular complexity index is 625. The van der Waals surface area contributed by atoms with Crippen LogP contribution in [0.2, 0.25) is 0 Å². The fraction of sp³-hybridized carbons (Fsp3) is 0.429. The van der Waals surface area contributed by atoms with E-state index in [1.54, 1.807) is 6.07 Å². The van der Waals surface area contributed by atoms with Gasteiger partial charge < -0.3 is 9.73 Å². The molecule has 2 rings (SSSR count). The second-order valence-electron chi connectivity index (χ2n) is 5.04. The molecule has 0 unspecified atom stereocenters. The molecule has 0 aliphatic heterocycles. The summed E-state index contributed by atoms with van der Waals surface area (Å²) >= 11 is 0. The van der Waals surface area contributed by atoms with Gasteiger partial charge in [-0.3, -0.25) is 9.78 Å². The molecule has 2 N–H and O–H groups in total. The molecule has 0 spiro atoms. The normalized spacial score (nSPS) is 11.1. The molecule has 0 aliphatic rings. The lowest BCUT2D eigenvalue weighted by molar-refractivity contribution is -0.121. The number of aromatic amines is 1. The van der Waals surface area contributed by atoms with E-state index in [0.717, 1.165) is 12.0 Å². The topological polar surface area (TPSA) is 75.1 Å². The molecule has 102 valence electrons. The van der Waals surface area contributed by atoms with Gasteiger partial charge in [-0.15, -0.1) is 0 Å². The minimum atomic E-state index is -0.447. The summed E-state index contributed by atoms with van der Waals surface area (Å²) < 4.78 is 4.93. The molecule has 0 radical (unpaired) electrons. The van der Waals surface area contributed by atoms with Crippen molar-refractivity contribution in [1.82, 2.24) is 10.3 Å². The van der Waals surface area contributed by atoms with Crippen LogP contribution in [0, 0.1) is 5.92 Å².